The van der Waals surface area contributed by atoms with Crippen LogP contribution in [-0.2, 0) is 4.74 Å². The van der Waals surface area contributed by atoms with Crippen molar-refractivity contribution in [3.8, 4) is 0 Å². The van der Waals surface area contributed by atoms with Crippen LogP contribution in [-0.4, -0.2) is 30.1 Å². The third-order valence-electron chi connectivity index (χ3n) is 5.71. The van der Waals surface area contributed by atoms with E-state index in [0.717, 1.165) is 24.0 Å². The van der Waals surface area contributed by atoms with E-state index in [2.05, 4.69) is 11.9 Å². The molecular weight excluding hydrogens is 337 g/mol. The zero-order chi connectivity index (χ0) is 17.4. The van der Waals surface area contributed by atoms with Gasteiger partial charge in [0.2, 0.25) is 0 Å². The minimum atomic E-state index is -0.231. The number of hydrogen-bond donors (Lipinski definition) is 0. The Hall–Kier alpha value is -1.42. The number of ether oxygens (including phenoxy) is 1. The Bertz CT molecular complexity index is 721. The molecule has 2 aromatic rings. The summed E-state index contributed by atoms with van der Waals surface area (Å²) in [7, 11) is 2.23. The molecule has 2 saturated heterocycles. The van der Waals surface area contributed by atoms with Gasteiger partial charge in [-0.1, -0.05) is 35.9 Å². The van der Waals surface area contributed by atoms with E-state index in [4.69, 9.17) is 16.3 Å². The smallest absolute Gasteiger partial charge is 0.123 e. The fraction of sp³-hybridized carbons (Fsp3) is 0.429. The molecule has 3 unspecified atom stereocenters. The third-order valence-corrected chi connectivity index (χ3v) is 5.94. The summed E-state index contributed by atoms with van der Waals surface area (Å²) in [6.45, 7) is 0. The summed E-state index contributed by atoms with van der Waals surface area (Å²) < 4.78 is 19.9. The molecule has 0 aliphatic carbocycles. The summed E-state index contributed by atoms with van der Waals surface area (Å²) in [5.74, 6) is -0.231. The van der Waals surface area contributed by atoms with Crippen LogP contribution in [0.25, 0.3) is 0 Å². The van der Waals surface area contributed by atoms with Crippen LogP contribution in [0.1, 0.15) is 42.9 Å². The second-order valence-corrected chi connectivity index (χ2v) is 7.70. The van der Waals surface area contributed by atoms with Crippen LogP contribution in [0.15, 0.2) is 48.5 Å². The molecule has 0 radical (unpaired) electrons. The van der Waals surface area contributed by atoms with Gasteiger partial charge >= 0.3 is 0 Å². The predicted molar refractivity (Wildman–Crippen MR) is 98.4 cm³/mol. The first-order chi connectivity index (χ1) is 12.1. The van der Waals surface area contributed by atoms with E-state index < -0.39 is 0 Å². The molecule has 2 fully saturated rings. The van der Waals surface area contributed by atoms with Crippen LogP contribution < -0.4 is 0 Å². The van der Waals surface area contributed by atoms with Gasteiger partial charge in [-0.3, -0.25) is 0 Å². The number of fused-ring (bicyclic) bond motifs is 2. The van der Waals surface area contributed by atoms with Crippen LogP contribution >= 0.6 is 11.6 Å². The van der Waals surface area contributed by atoms with Gasteiger partial charge in [0.05, 0.1) is 6.10 Å². The van der Waals surface area contributed by atoms with Crippen molar-refractivity contribution in [1.29, 1.82) is 0 Å². The Kier molecular flexibility index (Phi) is 4.81. The highest BCUT2D eigenvalue weighted by atomic mass is 35.5. The highest BCUT2D eigenvalue weighted by Crippen LogP contribution is 2.39. The fourth-order valence-corrected chi connectivity index (χ4v) is 4.52. The van der Waals surface area contributed by atoms with Crippen molar-refractivity contribution in [2.24, 2.45) is 0 Å². The number of halogens is 2. The van der Waals surface area contributed by atoms with Gasteiger partial charge in [0, 0.05) is 17.1 Å². The minimum absolute atomic E-state index is 0.216. The molecule has 0 spiro atoms. The average Bonchev–Trinajstić information content (AvgIpc) is 2.82. The molecule has 0 N–H and O–H groups in total. The van der Waals surface area contributed by atoms with Crippen LogP contribution in [0, 0.1) is 5.82 Å². The molecule has 2 aliphatic heterocycles. The van der Waals surface area contributed by atoms with Gasteiger partial charge in [-0.05, 0) is 68.1 Å². The SMILES string of the molecule is CN1C2CCC1CC(OC(c1ccc(F)cc1)c1cccc(Cl)c1)C2. The van der Waals surface area contributed by atoms with E-state index in [1.54, 1.807) is 0 Å². The van der Waals surface area contributed by atoms with Gasteiger partial charge < -0.3 is 9.64 Å². The molecule has 0 aromatic heterocycles. The molecule has 4 heteroatoms. The van der Waals surface area contributed by atoms with Gasteiger partial charge in [-0.15, -0.1) is 0 Å². The van der Waals surface area contributed by atoms with Crippen LogP contribution in [0.4, 0.5) is 4.39 Å². The molecule has 3 atom stereocenters. The first kappa shape index (κ1) is 17.0. The first-order valence-corrected chi connectivity index (χ1v) is 9.36. The van der Waals surface area contributed by atoms with Crippen molar-refractivity contribution < 1.29 is 9.13 Å². The summed E-state index contributed by atoms with van der Waals surface area (Å²) in [6, 6.07) is 15.6. The van der Waals surface area contributed by atoms with Crippen LogP contribution in [0.3, 0.4) is 0 Å². The summed E-state index contributed by atoms with van der Waals surface area (Å²) in [5, 5.41) is 0.691. The quantitative estimate of drug-likeness (QED) is 0.743. The lowest BCUT2D eigenvalue weighted by molar-refractivity contribution is -0.0426. The highest BCUT2D eigenvalue weighted by molar-refractivity contribution is 6.30. The minimum Gasteiger partial charge on any atom is -0.365 e. The van der Waals surface area contributed by atoms with Gasteiger partial charge in [0.25, 0.3) is 0 Å². The maximum absolute atomic E-state index is 13.4. The van der Waals surface area contributed by atoms with Crippen molar-refractivity contribution in [2.75, 3.05) is 7.05 Å². The highest BCUT2D eigenvalue weighted by Gasteiger charge is 2.39. The number of benzene rings is 2. The zero-order valence-electron chi connectivity index (χ0n) is 14.4. The topological polar surface area (TPSA) is 12.5 Å². The summed E-state index contributed by atoms with van der Waals surface area (Å²) in [6.07, 6.45) is 4.66. The Morgan fingerprint density at radius 2 is 1.72 bits per heavy atom. The van der Waals surface area contributed by atoms with Gasteiger partial charge in [0.15, 0.2) is 0 Å². The third kappa shape index (κ3) is 3.59. The van der Waals surface area contributed by atoms with E-state index in [1.165, 1.54) is 25.0 Å². The van der Waals surface area contributed by atoms with Crippen LogP contribution in [0.2, 0.25) is 5.02 Å². The van der Waals surface area contributed by atoms with Gasteiger partial charge in [-0.2, -0.15) is 0 Å². The molecule has 2 aliphatic rings. The normalized spacial score (nSPS) is 27.4. The predicted octanol–water partition coefficient (Wildman–Crippen LogP) is 5.21. The Balaban J connectivity index is 1.60. The van der Waals surface area contributed by atoms with E-state index in [1.807, 2.05) is 36.4 Å². The molecule has 132 valence electrons. The lowest BCUT2D eigenvalue weighted by Gasteiger charge is -2.38. The fourth-order valence-electron chi connectivity index (χ4n) is 4.32. The van der Waals surface area contributed by atoms with Crippen molar-refractivity contribution >= 4 is 11.6 Å². The second kappa shape index (κ2) is 7.06. The Labute approximate surface area is 153 Å². The second-order valence-electron chi connectivity index (χ2n) is 7.27. The average molecular weight is 360 g/mol. The number of hydrogen-bond acceptors (Lipinski definition) is 2. The monoisotopic (exact) mass is 359 g/mol. The van der Waals surface area contributed by atoms with E-state index in [9.17, 15) is 4.39 Å². The van der Waals surface area contributed by atoms with E-state index >= 15 is 0 Å². The molecule has 2 nitrogen and oxygen atoms in total. The maximum atomic E-state index is 13.4. The van der Waals surface area contributed by atoms with Crippen molar-refractivity contribution in [3.05, 3.63) is 70.5 Å². The number of nitrogens with zero attached hydrogens (tertiary/aromatic N) is 1. The van der Waals surface area contributed by atoms with Crippen LogP contribution in [0.5, 0.6) is 0 Å². The van der Waals surface area contributed by atoms with E-state index in [-0.39, 0.29) is 18.0 Å². The summed E-state index contributed by atoms with van der Waals surface area (Å²) in [4.78, 5) is 2.51. The summed E-state index contributed by atoms with van der Waals surface area (Å²) in [5.41, 5.74) is 1.99. The Morgan fingerprint density at radius 3 is 2.36 bits per heavy atom. The number of piperidine rings is 1. The molecule has 4 rings (SSSR count). The lowest BCUT2D eigenvalue weighted by Crippen LogP contribution is -2.43. The molecule has 0 saturated carbocycles. The van der Waals surface area contributed by atoms with Crippen molar-refractivity contribution in [2.45, 2.75) is 50.0 Å². The molecule has 2 aromatic carbocycles. The first-order valence-electron chi connectivity index (χ1n) is 8.98. The largest absolute Gasteiger partial charge is 0.365 e. The van der Waals surface area contributed by atoms with Crippen molar-refractivity contribution in [3.63, 3.8) is 0 Å². The van der Waals surface area contributed by atoms with Gasteiger partial charge in [0.1, 0.15) is 11.9 Å². The number of rotatable bonds is 4. The standard InChI is InChI=1S/C21H23ClFNO/c1-24-18-9-10-19(24)13-20(12-18)25-21(14-5-7-17(23)8-6-14)15-3-2-4-16(22)11-15/h2-8,11,18-21H,9-10,12-13H2,1H3. The van der Waals surface area contributed by atoms with Crippen molar-refractivity contribution in [1.82, 2.24) is 4.90 Å². The molecule has 2 bridgehead atoms. The zero-order valence-corrected chi connectivity index (χ0v) is 15.1. The molecular formula is C21H23ClFNO. The molecule has 2 heterocycles. The molecule has 0 amide bonds. The van der Waals surface area contributed by atoms with E-state index in [0.29, 0.717) is 17.1 Å². The Morgan fingerprint density at radius 1 is 1.04 bits per heavy atom. The lowest BCUT2D eigenvalue weighted by atomic mass is 9.97. The molecule has 25 heavy (non-hydrogen) atoms. The maximum Gasteiger partial charge on any atom is 0.123 e. The van der Waals surface area contributed by atoms with Gasteiger partial charge in [-0.25, -0.2) is 4.39 Å². The summed E-state index contributed by atoms with van der Waals surface area (Å²) >= 11 is 6.20.